The summed E-state index contributed by atoms with van der Waals surface area (Å²) >= 11 is 1.30. The maximum atomic E-state index is 12.2. The highest BCUT2D eigenvalue weighted by atomic mass is 32.1. The van der Waals surface area contributed by atoms with Gasteiger partial charge in [-0.2, -0.15) is 4.52 Å². The zero-order valence-electron chi connectivity index (χ0n) is 14.8. The number of hydrogen-bond acceptors (Lipinski definition) is 6. The quantitative estimate of drug-likeness (QED) is 0.686. The highest BCUT2D eigenvalue weighted by molar-refractivity contribution is 7.20. The summed E-state index contributed by atoms with van der Waals surface area (Å²) in [5, 5.41) is 7.76. The number of aromatic nitrogens is 3. The Morgan fingerprint density at radius 3 is 2.81 bits per heavy atom. The largest absolute Gasteiger partial charge is 0.350 e. The molecule has 26 heavy (non-hydrogen) atoms. The van der Waals surface area contributed by atoms with E-state index in [1.807, 2.05) is 37.3 Å². The Labute approximate surface area is 155 Å². The van der Waals surface area contributed by atoms with E-state index in [9.17, 15) is 9.59 Å². The van der Waals surface area contributed by atoms with Crippen LogP contribution in [0, 0.1) is 0 Å². The van der Waals surface area contributed by atoms with Crippen molar-refractivity contribution in [2.24, 2.45) is 0 Å². The average molecular weight is 371 g/mol. The molecular formula is C18H21N5O2S. The second-order valence-electron chi connectivity index (χ2n) is 6.03. The Morgan fingerprint density at radius 2 is 2.08 bits per heavy atom. The van der Waals surface area contributed by atoms with Crippen LogP contribution in [0.1, 0.15) is 24.6 Å². The van der Waals surface area contributed by atoms with Crippen LogP contribution in [-0.4, -0.2) is 34.1 Å². The molecule has 1 amide bonds. The first kappa shape index (κ1) is 18.1. The second kappa shape index (κ2) is 8.09. The Kier molecular flexibility index (Phi) is 5.62. The van der Waals surface area contributed by atoms with E-state index in [1.165, 1.54) is 21.9 Å². The topological polar surface area (TPSA) is 79.6 Å². The number of likely N-dealkylation sites (N-methyl/N-ethyl adjacent to an activating group) is 1. The fraction of sp³-hybridized carbons (Fsp3) is 0.333. The van der Waals surface area contributed by atoms with E-state index in [-0.39, 0.29) is 18.0 Å². The highest BCUT2D eigenvalue weighted by Gasteiger charge is 2.14. The van der Waals surface area contributed by atoms with Crippen LogP contribution in [0.15, 0.2) is 41.2 Å². The standard InChI is InChI=1S/C18H21N5O2S/c1-3-7-14-10-16(25)23-17(20-14)26-18(21-23)22(2)12-15(24)19-11-13-8-5-4-6-9-13/h4-6,8-10H,3,7,11-12H2,1-2H3,(H,19,24). The minimum atomic E-state index is -0.192. The molecule has 0 saturated carbocycles. The average Bonchev–Trinajstić information content (AvgIpc) is 3.06. The van der Waals surface area contributed by atoms with Gasteiger partial charge in [0.05, 0.1) is 6.54 Å². The lowest BCUT2D eigenvalue weighted by Crippen LogP contribution is -2.34. The number of nitrogens with one attached hydrogen (secondary N) is 1. The summed E-state index contributed by atoms with van der Waals surface area (Å²) in [6.07, 6.45) is 1.69. The third-order valence-electron chi connectivity index (χ3n) is 3.83. The SMILES string of the molecule is CCCc1cc(=O)n2nc(N(C)CC(=O)NCc3ccccc3)sc2n1. The highest BCUT2D eigenvalue weighted by Crippen LogP contribution is 2.20. The Hall–Kier alpha value is -2.74. The third-order valence-corrected chi connectivity index (χ3v) is 4.86. The molecule has 136 valence electrons. The van der Waals surface area contributed by atoms with E-state index in [0.717, 1.165) is 24.1 Å². The Bertz CT molecular complexity index is 951. The fourth-order valence-electron chi connectivity index (χ4n) is 2.52. The van der Waals surface area contributed by atoms with Gasteiger partial charge in [-0.1, -0.05) is 55.0 Å². The van der Waals surface area contributed by atoms with Crippen molar-refractivity contribution >= 4 is 27.3 Å². The van der Waals surface area contributed by atoms with Crippen LogP contribution < -0.4 is 15.8 Å². The van der Waals surface area contributed by atoms with Crippen molar-refractivity contribution in [1.82, 2.24) is 19.9 Å². The van der Waals surface area contributed by atoms with Crippen LogP contribution in [0.2, 0.25) is 0 Å². The molecule has 8 heteroatoms. The van der Waals surface area contributed by atoms with Crippen LogP contribution in [0.5, 0.6) is 0 Å². The normalized spacial score (nSPS) is 10.8. The van der Waals surface area contributed by atoms with E-state index in [4.69, 9.17) is 0 Å². The molecule has 0 aliphatic heterocycles. The van der Waals surface area contributed by atoms with Crippen LogP contribution in [0.3, 0.4) is 0 Å². The van der Waals surface area contributed by atoms with Crippen molar-refractivity contribution in [3.8, 4) is 0 Å². The van der Waals surface area contributed by atoms with Gasteiger partial charge in [0.2, 0.25) is 16.0 Å². The molecule has 0 spiro atoms. The molecule has 1 aromatic carbocycles. The number of anilines is 1. The zero-order valence-corrected chi connectivity index (χ0v) is 15.6. The van der Waals surface area contributed by atoms with Gasteiger partial charge in [0.1, 0.15) is 0 Å². The van der Waals surface area contributed by atoms with Gasteiger partial charge in [-0.3, -0.25) is 9.59 Å². The molecule has 0 fully saturated rings. The van der Waals surface area contributed by atoms with Crippen molar-refractivity contribution in [3.63, 3.8) is 0 Å². The van der Waals surface area contributed by atoms with Gasteiger partial charge in [-0.05, 0) is 12.0 Å². The van der Waals surface area contributed by atoms with E-state index in [0.29, 0.717) is 16.6 Å². The molecule has 0 atom stereocenters. The van der Waals surface area contributed by atoms with Crippen LogP contribution >= 0.6 is 11.3 Å². The van der Waals surface area contributed by atoms with Crippen molar-refractivity contribution in [2.45, 2.75) is 26.3 Å². The Morgan fingerprint density at radius 1 is 1.31 bits per heavy atom. The number of benzene rings is 1. The van der Waals surface area contributed by atoms with Gasteiger partial charge in [-0.25, -0.2) is 4.98 Å². The number of nitrogens with zero attached hydrogens (tertiary/aromatic N) is 4. The van der Waals surface area contributed by atoms with E-state index in [1.54, 1.807) is 11.9 Å². The molecule has 0 aliphatic rings. The molecule has 3 aromatic rings. The van der Waals surface area contributed by atoms with Crippen molar-refractivity contribution in [1.29, 1.82) is 0 Å². The molecule has 2 aromatic heterocycles. The molecule has 0 bridgehead atoms. The number of aryl methyl sites for hydroxylation is 1. The number of carbonyl (C=O) groups is 1. The van der Waals surface area contributed by atoms with Crippen LogP contribution in [-0.2, 0) is 17.8 Å². The first-order valence-corrected chi connectivity index (χ1v) is 9.30. The summed E-state index contributed by atoms with van der Waals surface area (Å²) in [7, 11) is 1.78. The first-order valence-electron chi connectivity index (χ1n) is 8.48. The number of hydrogen-bond donors (Lipinski definition) is 1. The van der Waals surface area contributed by atoms with Gasteiger partial charge in [0.25, 0.3) is 5.56 Å². The summed E-state index contributed by atoms with van der Waals surface area (Å²) in [5.74, 6) is -0.109. The lowest BCUT2D eigenvalue weighted by molar-refractivity contribution is -0.119. The van der Waals surface area contributed by atoms with Crippen LogP contribution in [0.4, 0.5) is 5.13 Å². The van der Waals surface area contributed by atoms with Crippen LogP contribution in [0.25, 0.3) is 4.96 Å². The Balaban J connectivity index is 1.67. The number of fused-ring (bicyclic) bond motifs is 1. The van der Waals surface area contributed by atoms with E-state index < -0.39 is 0 Å². The van der Waals surface area contributed by atoms with Gasteiger partial charge in [0.15, 0.2) is 0 Å². The monoisotopic (exact) mass is 371 g/mol. The summed E-state index contributed by atoms with van der Waals surface area (Å²) in [6.45, 7) is 2.68. The summed E-state index contributed by atoms with van der Waals surface area (Å²) in [6, 6.07) is 11.3. The van der Waals surface area contributed by atoms with E-state index in [2.05, 4.69) is 15.4 Å². The molecule has 0 saturated heterocycles. The molecule has 1 N–H and O–H groups in total. The summed E-state index contributed by atoms with van der Waals surface area (Å²) in [4.78, 5) is 31.1. The summed E-state index contributed by atoms with van der Waals surface area (Å²) < 4.78 is 1.29. The summed E-state index contributed by atoms with van der Waals surface area (Å²) in [5.41, 5.74) is 1.63. The molecule has 2 heterocycles. The van der Waals surface area contributed by atoms with Gasteiger partial charge in [-0.15, -0.1) is 5.10 Å². The number of carbonyl (C=O) groups excluding carboxylic acids is 1. The van der Waals surface area contributed by atoms with Crippen molar-refractivity contribution < 1.29 is 4.79 Å². The van der Waals surface area contributed by atoms with Crippen molar-refractivity contribution in [2.75, 3.05) is 18.5 Å². The third kappa shape index (κ3) is 4.26. The molecule has 3 rings (SSSR count). The molecule has 0 unspecified atom stereocenters. The predicted molar refractivity (Wildman–Crippen MR) is 103 cm³/mol. The van der Waals surface area contributed by atoms with Gasteiger partial charge < -0.3 is 10.2 Å². The molecular weight excluding hydrogens is 350 g/mol. The predicted octanol–water partition coefficient (Wildman–Crippen LogP) is 1.86. The maximum absolute atomic E-state index is 12.2. The maximum Gasteiger partial charge on any atom is 0.275 e. The number of rotatable bonds is 7. The fourth-order valence-corrected chi connectivity index (χ4v) is 3.41. The van der Waals surface area contributed by atoms with Gasteiger partial charge >= 0.3 is 0 Å². The molecule has 0 aliphatic carbocycles. The van der Waals surface area contributed by atoms with Gasteiger partial charge in [0, 0.05) is 25.4 Å². The first-order chi connectivity index (χ1) is 12.6. The zero-order chi connectivity index (χ0) is 18.5. The smallest absolute Gasteiger partial charge is 0.275 e. The lowest BCUT2D eigenvalue weighted by atomic mass is 10.2. The molecule has 7 nitrogen and oxygen atoms in total. The van der Waals surface area contributed by atoms with E-state index >= 15 is 0 Å². The minimum absolute atomic E-state index is 0.109. The minimum Gasteiger partial charge on any atom is -0.350 e. The van der Waals surface area contributed by atoms with Crippen molar-refractivity contribution in [3.05, 3.63) is 58.0 Å². The molecule has 0 radical (unpaired) electrons. The lowest BCUT2D eigenvalue weighted by Gasteiger charge is -2.14. The second-order valence-corrected chi connectivity index (χ2v) is 6.97. The number of amides is 1.